The molecule has 0 fully saturated rings. The maximum absolute atomic E-state index is 12.0. The molecular weight excluding hydrogens is 344 g/mol. The largest absolute Gasteiger partial charge is 0.478 e. The lowest BCUT2D eigenvalue weighted by molar-refractivity contribution is -0.156. The Morgan fingerprint density at radius 2 is 1.31 bits per heavy atom. The first-order chi connectivity index (χ1) is 12.0. The number of carboxylic acid groups (broad SMARTS) is 1. The summed E-state index contributed by atoms with van der Waals surface area (Å²) in [7, 11) is 0. The molecule has 0 saturated carbocycles. The summed E-state index contributed by atoms with van der Waals surface area (Å²) in [5, 5.41) is 8.89. The van der Waals surface area contributed by atoms with Gasteiger partial charge in [-0.2, -0.15) is 0 Å². The van der Waals surface area contributed by atoms with Crippen LogP contribution in [0.2, 0.25) is 0 Å². The van der Waals surface area contributed by atoms with Gasteiger partial charge in [0.2, 0.25) is 0 Å². The lowest BCUT2D eigenvalue weighted by Gasteiger charge is -2.06. The predicted molar refractivity (Wildman–Crippen MR) is 90.5 cm³/mol. The van der Waals surface area contributed by atoms with E-state index in [-0.39, 0.29) is 29.6 Å². The monoisotopic (exact) mass is 364 g/mol. The van der Waals surface area contributed by atoms with E-state index in [1.54, 1.807) is 13.8 Å². The molecule has 140 valence electrons. The van der Waals surface area contributed by atoms with Crippen molar-refractivity contribution < 1.29 is 38.6 Å². The zero-order chi connectivity index (χ0) is 20.4. The Labute approximate surface area is 150 Å². The normalized spacial score (nSPS) is 11.3. The number of carboxylic acids is 1. The van der Waals surface area contributed by atoms with E-state index in [1.165, 1.54) is 0 Å². The average Bonchev–Trinajstić information content (AvgIpc) is 2.58. The lowest BCUT2D eigenvalue weighted by Crippen LogP contribution is -2.18. The van der Waals surface area contributed by atoms with Crippen LogP contribution in [0.3, 0.4) is 0 Å². The second kappa shape index (κ2) is 10.5. The first-order valence-corrected chi connectivity index (χ1v) is 7.54. The molecule has 0 atom stereocenters. The fourth-order valence-corrected chi connectivity index (χ4v) is 1.28. The SMILES string of the molecule is C=C(CC)C(=O)OC(=O)/C=C(/C=C(C)C(=O)O)C(=O)OC(=O)C(=C)CC. The zero-order valence-corrected chi connectivity index (χ0v) is 14.8. The smallest absolute Gasteiger partial charge is 0.346 e. The van der Waals surface area contributed by atoms with Crippen LogP contribution in [0.15, 0.2) is 47.6 Å². The van der Waals surface area contributed by atoms with Crippen molar-refractivity contribution >= 4 is 29.8 Å². The van der Waals surface area contributed by atoms with E-state index in [2.05, 4.69) is 22.6 Å². The fourth-order valence-electron chi connectivity index (χ4n) is 1.28. The number of carbonyl (C=O) groups excluding carboxylic acids is 4. The van der Waals surface area contributed by atoms with Crippen molar-refractivity contribution in [2.75, 3.05) is 0 Å². The molecule has 0 spiro atoms. The number of hydrogen-bond acceptors (Lipinski definition) is 7. The minimum absolute atomic E-state index is 0.00800. The summed E-state index contributed by atoms with van der Waals surface area (Å²) in [5.74, 6) is -5.90. The molecule has 8 heteroatoms. The highest BCUT2D eigenvalue weighted by molar-refractivity contribution is 6.08. The summed E-state index contributed by atoms with van der Waals surface area (Å²) in [6.45, 7) is 11.2. The number of aliphatic carboxylic acids is 1. The molecule has 0 aromatic carbocycles. The van der Waals surface area contributed by atoms with Gasteiger partial charge in [0, 0.05) is 22.8 Å². The van der Waals surface area contributed by atoms with Crippen LogP contribution in [0.4, 0.5) is 0 Å². The number of carbonyl (C=O) groups is 5. The van der Waals surface area contributed by atoms with Crippen LogP contribution < -0.4 is 0 Å². The van der Waals surface area contributed by atoms with E-state index in [4.69, 9.17) is 5.11 Å². The van der Waals surface area contributed by atoms with E-state index in [0.717, 1.165) is 13.0 Å². The van der Waals surface area contributed by atoms with Crippen molar-refractivity contribution in [2.45, 2.75) is 33.6 Å². The van der Waals surface area contributed by atoms with Crippen molar-refractivity contribution in [2.24, 2.45) is 0 Å². The molecule has 0 aliphatic carbocycles. The topological polar surface area (TPSA) is 124 Å². The van der Waals surface area contributed by atoms with E-state index in [1.807, 2.05) is 0 Å². The predicted octanol–water partition coefficient (Wildman–Crippen LogP) is 2.02. The highest BCUT2D eigenvalue weighted by Gasteiger charge is 2.20. The van der Waals surface area contributed by atoms with E-state index < -0.39 is 35.4 Å². The molecule has 26 heavy (non-hydrogen) atoms. The molecule has 0 heterocycles. The average molecular weight is 364 g/mol. The van der Waals surface area contributed by atoms with Gasteiger partial charge in [0.25, 0.3) is 0 Å². The van der Waals surface area contributed by atoms with Gasteiger partial charge in [0.05, 0.1) is 5.57 Å². The van der Waals surface area contributed by atoms with Gasteiger partial charge in [-0.3, -0.25) is 0 Å². The van der Waals surface area contributed by atoms with Crippen molar-refractivity contribution in [3.05, 3.63) is 47.6 Å². The minimum atomic E-state index is -1.36. The highest BCUT2D eigenvalue weighted by Crippen LogP contribution is 2.10. The van der Waals surface area contributed by atoms with Crippen LogP contribution in [-0.4, -0.2) is 35.0 Å². The Morgan fingerprint density at radius 1 is 0.846 bits per heavy atom. The molecule has 0 unspecified atom stereocenters. The molecule has 0 aromatic heterocycles. The van der Waals surface area contributed by atoms with Crippen molar-refractivity contribution in [1.82, 2.24) is 0 Å². The molecule has 8 nitrogen and oxygen atoms in total. The van der Waals surface area contributed by atoms with Crippen molar-refractivity contribution in [3.63, 3.8) is 0 Å². The third kappa shape index (κ3) is 7.52. The van der Waals surface area contributed by atoms with Crippen LogP contribution in [0.1, 0.15) is 33.6 Å². The second-order valence-corrected chi connectivity index (χ2v) is 5.03. The number of esters is 4. The van der Waals surface area contributed by atoms with Gasteiger partial charge in [-0.25, -0.2) is 24.0 Å². The van der Waals surface area contributed by atoms with Gasteiger partial charge in [0.1, 0.15) is 0 Å². The van der Waals surface area contributed by atoms with Gasteiger partial charge in [-0.1, -0.05) is 27.0 Å². The summed E-state index contributed by atoms with van der Waals surface area (Å²) in [6.07, 6.45) is 1.84. The van der Waals surface area contributed by atoms with Crippen LogP contribution in [-0.2, 0) is 33.4 Å². The van der Waals surface area contributed by atoms with E-state index >= 15 is 0 Å². The van der Waals surface area contributed by atoms with Gasteiger partial charge in [0.15, 0.2) is 0 Å². The molecule has 0 rings (SSSR count). The molecule has 0 saturated heterocycles. The van der Waals surface area contributed by atoms with Gasteiger partial charge in [-0.15, -0.1) is 0 Å². The molecule has 1 N–H and O–H groups in total. The van der Waals surface area contributed by atoms with Crippen molar-refractivity contribution in [3.8, 4) is 0 Å². The van der Waals surface area contributed by atoms with Gasteiger partial charge < -0.3 is 14.6 Å². The standard InChI is InChI=1S/C18H20O8/c1-6-10(3)16(22)25-14(19)9-13(8-12(5)15(20)21)18(24)26-17(23)11(4)7-2/h8-9H,3-4,6-7H2,1-2,5H3,(H,20,21)/b12-8?,13-9-. The summed E-state index contributed by atoms with van der Waals surface area (Å²) >= 11 is 0. The van der Waals surface area contributed by atoms with Crippen LogP contribution >= 0.6 is 0 Å². The Bertz CT molecular complexity index is 721. The highest BCUT2D eigenvalue weighted by atomic mass is 16.6. The molecule has 0 aliphatic heterocycles. The molecular formula is C18H20O8. The summed E-state index contributed by atoms with van der Waals surface area (Å²) in [4.78, 5) is 57.8. The van der Waals surface area contributed by atoms with E-state index in [9.17, 15) is 24.0 Å². The van der Waals surface area contributed by atoms with Gasteiger partial charge >= 0.3 is 29.8 Å². The van der Waals surface area contributed by atoms with E-state index in [0.29, 0.717) is 6.08 Å². The lowest BCUT2D eigenvalue weighted by atomic mass is 10.1. The summed E-state index contributed by atoms with van der Waals surface area (Å²) in [6, 6.07) is 0. The molecule has 0 radical (unpaired) electrons. The first kappa shape index (κ1) is 22.7. The summed E-state index contributed by atoms with van der Waals surface area (Å²) < 4.78 is 8.99. The Hall–Kier alpha value is -3.29. The number of ether oxygens (including phenoxy) is 2. The molecule has 0 aliphatic rings. The maximum atomic E-state index is 12.0. The van der Waals surface area contributed by atoms with Crippen LogP contribution in [0.5, 0.6) is 0 Å². The fraction of sp³-hybridized carbons (Fsp3) is 0.278. The zero-order valence-electron chi connectivity index (χ0n) is 14.8. The van der Waals surface area contributed by atoms with Crippen LogP contribution in [0, 0.1) is 0 Å². The Kier molecular flexibility index (Phi) is 9.21. The third-order valence-corrected chi connectivity index (χ3v) is 3.03. The Balaban J connectivity index is 5.59. The van der Waals surface area contributed by atoms with Crippen molar-refractivity contribution in [1.29, 1.82) is 0 Å². The number of rotatable bonds is 8. The molecule has 0 aromatic rings. The molecule has 0 bridgehead atoms. The summed E-state index contributed by atoms with van der Waals surface area (Å²) in [5.41, 5.74) is -0.856. The third-order valence-electron chi connectivity index (χ3n) is 3.03. The second-order valence-electron chi connectivity index (χ2n) is 5.03. The minimum Gasteiger partial charge on any atom is -0.478 e. The molecule has 0 amide bonds. The quantitative estimate of drug-likeness (QED) is 0.300. The van der Waals surface area contributed by atoms with Crippen LogP contribution in [0.25, 0.3) is 0 Å². The first-order valence-electron chi connectivity index (χ1n) is 7.54. The Morgan fingerprint density at radius 3 is 1.73 bits per heavy atom. The number of hydrogen-bond donors (Lipinski definition) is 1. The maximum Gasteiger partial charge on any atom is 0.346 e. The van der Waals surface area contributed by atoms with Gasteiger partial charge in [-0.05, 0) is 25.8 Å².